The Morgan fingerprint density at radius 1 is 1.80 bits per heavy atom. The molecule has 0 unspecified atom stereocenters. The van der Waals surface area contributed by atoms with Crippen molar-refractivity contribution >= 4 is 23.7 Å². The van der Waals surface area contributed by atoms with Gasteiger partial charge in [-0.15, -0.1) is 11.3 Å². The Labute approximate surface area is 61.0 Å². The molecule has 0 saturated heterocycles. The van der Waals surface area contributed by atoms with E-state index in [0.29, 0.717) is 5.01 Å². The monoisotopic (exact) mass is 157 g/mol. The van der Waals surface area contributed by atoms with E-state index in [1.807, 2.05) is 0 Å². The number of halogens is 1. The van der Waals surface area contributed by atoms with Crippen molar-refractivity contribution < 1.29 is 9.18 Å². The molecule has 0 amide bonds. The molecule has 2 nitrogen and oxygen atoms in total. The van der Waals surface area contributed by atoms with Crippen LogP contribution in [0.3, 0.4) is 0 Å². The predicted octanol–water partition coefficient (Wildman–Crippen LogP) is 1.65. The van der Waals surface area contributed by atoms with Crippen LogP contribution < -0.4 is 0 Å². The molecule has 0 aliphatic carbocycles. The second-order valence-corrected chi connectivity index (χ2v) is 2.44. The topological polar surface area (TPSA) is 30.0 Å². The Morgan fingerprint density at radius 3 is 3.10 bits per heavy atom. The fourth-order valence-electron chi connectivity index (χ4n) is 0.458. The smallest absolute Gasteiger partial charge is 0.178 e. The molecule has 4 heteroatoms. The molecule has 0 radical (unpaired) electrons. The fraction of sp³-hybridized carbons (Fsp3) is 0. The summed E-state index contributed by atoms with van der Waals surface area (Å²) in [6.07, 6.45) is 2.80. The van der Waals surface area contributed by atoms with Gasteiger partial charge in [0.25, 0.3) is 0 Å². The van der Waals surface area contributed by atoms with Crippen molar-refractivity contribution in [1.82, 2.24) is 4.98 Å². The average Bonchev–Trinajstić information content (AvgIpc) is 2.40. The number of hydrogen-bond acceptors (Lipinski definition) is 3. The SMILES string of the molecule is O=CC(F)=Cc1nccs1. The fourth-order valence-corrected chi connectivity index (χ4v) is 1.02. The van der Waals surface area contributed by atoms with Gasteiger partial charge in [-0.3, -0.25) is 4.79 Å². The minimum atomic E-state index is -0.796. The molecule has 0 spiro atoms. The third kappa shape index (κ3) is 1.73. The second-order valence-electron chi connectivity index (χ2n) is 1.52. The zero-order valence-electron chi connectivity index (χ0n) is 4.95. The molecule has 0 atom stereocenters. The minimum Gasteiger partial charge on any atom is -0.295 e. The van der Waals surface area contributed by atoms with E-state index in [-0.39, 0.29) is 6.29 Å². The first-order chi connectivity index (χ1) is 4.83. The van der Waals surface area contributed by atoms with Crippen LogP contribution in [0, 0.1) is 0 Å². The van der Waals surface area contributed by atoms with E-state index >= 15 is 0 Å². The number of carbonyl (C=O) groups excluding carboxylic acids is 1. The van der Waals surface area contributed by atoms with Crippen LogP contribution in [0.25, 0.3) is 6.08 Å². The van der Waals surface area contributed by atoms with Crippen LogP contribution in [0.2, 0.25) is 0 Å². The molecule has 1 aromatic rings. The molecule has 0 N–H and O–H groups in total. The lowest BCUT2D eigenvalue weighted by atomic mass is 10.5. The number of nitrogens with zero attached hydrogens (tertiary/aromatic N) is 1. The first kappa shape index (κ1) is 7.08. The number of hydrogen-bond donors (Lipinski definition) is 0. The first-order valence-electron chi connectivity index (χ1n) is 2.55. The van der Waals surface area contributed by atoms with Gasteiger partial charge in [0.15, 0.2) is 12.1 Å². The predicted molar refractivity (Wildman–Crippen MR) is 37.3 cm³/mol. The second kappa shape index (κ2) is 3.22. The van der Waals surface area contributed by atoms with Gasteiger partial charge in [0.2, 0.25) is 0 Å². The van der Waals surface area contributed by atoms with Gasteiger partial charge in [0.1, 0.15) is 5.01 Å². The molecule has 52 valence electrons. The van der Waals surface area contributed by atoms with Gasteiger partial charge in [0, 0.05) is 17.7 Å². The van der Waals surface area contributed by atoms with Gasteiger partial charge in [-0.25, -0.2) is 9.37 Å². The van der Waals surface area contributed by atoms with E-state index in [1.54, 1.807) is 11.6 Å². The number of rotatable bonds is 2. The van der Waals surface area contributed by atoms with Crippen LogP contribution in [0.4, 0.5) is 4.39 Å². The standard InChI is InChI=1S/C6H4FNOS/c7-5(4-9)3-6-8-1-2-10-6/h1-4H. The zero-order valence-corrected chi connectivity index (χ0v) is 5.77. The summed E-state index contributed by atoms with van der Waals surface area (Å²) in [7, 11) is 0. The van der Waals surface area contributed by atoms with Gasteiger partial charge in [-0.2, -0.15) is 0 Å². The number of aromatic nitrogens is 1. The summed E-state index contributed by atoms with van der Waals surface area (Å²) in [5.74, 6) is -0.796. The van der Waals surface area contributed by atoms with Gasteiger partial charge >= 0.3 is 0 Å². The van der Waals surface area contributed by atoms with Crippen molar-refractivity contribution in [2.45, 2.75) is 0 Å². The van der Waals surface area contributed by atoms with Crippen LogP contribution in [0.15, 0.2) is 17.4 Å². The largest absolute Gasteiger partial charge is 0.295 e. The summed E-state index contributed by atoms with van der Waals surface area (Å²) >= 11 is 1.28. The van der Waals surface area contributed by atoms with Gasteiger partial charge < -0.3 is 0 Å². The van der Waals surface area contributed by atoms with Crippen molar-refractivity contribution in [2.75, 3.05) is 0 Å². The van der Waals surface area contributed by atoms with E-state index in [1.165, 1.54) is 11.3 Å². The van der Waals surface area contributed by atoms with Crippen molar-refractivity contribution in [3.63, 3.8) is 0 Å². The highest BCUT2D eigenvalue weighted by Gasteiger charge is 1.93. The Kier molecular flexibility index (Phi) is 2.28. The highest BCUT2D eigenvalue weighted by Crippen LogP contribution is 2.08. The molecule has 1 aromatic heterocycles. The maximum atomic E-state index is 12.2. The van der Waals surface area contributed by atoms with Gasteiger partial charge in [-0.05, 0) is 0 Å². The zero-order chi connectivity index (χ0) is 7.40. The van der Waals surface area contributed by atoms with E-state index in [0.717, 1.165) is 6.08 Å². The molecule has 0 aliphatic rings. The third-order valence-corrected chi connectivity index (χ3v) is 1.55. The average molecular weight is 157 g/mol. The van der Waals surface area contributed by atoms with E-state index in [2.05, 4.69) is 4.98 Å². The number of allylic oxidation sites excluding steroid dienone is 1. The minimum absolute atomic E-state index is 0.154. The molecule has 0 aliphatic heterocycles. The molecule has 0 aromatic carbocycles. The maximum Gasteiger partial charge on any atom is 0.178 e. The lowest BCUT2D eigenvalue weighted by molar-refractivity contribution is -0.106. The maximum absolute atomic E-state index is 12.2. The Balaban J connectivity index is 2.80. The van der Waals surface area contributed by atoms with Crippen molar-refractivity contribution in [3.8, 4) is 0 Å². The molecule has 0 bridgehead atoms. The number of aldehydes is 1. The Bertz CT molecular complexity index is 242. The molecule has 0 fully saturated rings. The van der Waals surface area contributed by atoms with Crippen molar-refractivity contribution in [1.29, 1.82) is 0 Å². The lowest BCUT2D eigenvalue weighted by Gasteiger charge is -1.79. The van der Waals surface area contributed by atoms with Crippen LogP contribution in [0.5, 0.6) is 0 Å². The normalized spacial score (nSPS) is 11.5. The lowest BCUT2D eigenvalue weighted by Crippen LogP contribution is -1.73. The van der Waals surface area contributed by atoms with Gasteiger partial charge in [-0.1, -0.05) is 0 Å². The molecular formula is C6H4FNOS. The molecule has 1 heterocycles. The summed E-state index contributed by atoms with van der Waals surface area (Å²) in [5.41, 5.74) is 0. The van der Waals surface area contributed by atoms with E-state index < -0.39 is 5.83 Å². The molecular weight excluding hydrogens is 153 g/mol. The Morgan fingerprint density at radius 2 is 2.60 bits per heavy atom. The van der Waals surface area contributed by atoms with Crippen molar-refractivity contribution in [3.05, 3.63) is 22.4 Å². The van der Waals surface area contributed by atoms with Crippen LogP contribution >= 0.6 is 11.3 Å². The van der Waals surface area contributed by atoms with Crippen molar-refractivity contribution in [2.24, 2.45) is 0 Å². The summed E-state index contributed by atoms with van der Waals surface area (Å²) in [6, 6.07) is 0. The number of carbonyl (C=O) groups is 1. The first-order valence-corrected chi connectivity index (χ1v) is 3.43. The van der Waals surface area contributed by atoms with Crippen LogP contribution in [-0.2, 0) is 4.79 Å². The van der Waals surface area contributed by atoms with E-state index in [4.69, 9.17) is 0 Å². The Hall–Kier alpha value is -1.03. The molecule has 1 rings (SSSR count). The summed E-state index contributed by atoms with van der Waals surface area (Å²) in [5, 5.41) is 2.22. The quantitative estimate of drug-likeness (QED) is 0.482. The summed E-state index contributed by atoms with van der Waals surface area (Å²) in [4.78, 5) is 13.5. The van der Waals surface area contributed by atoms with Crippen LogP contribution in [0.1, 0.15) is 5.01 Å². The summed E-state index contributed by atoms with van der Waals surface area (Å²) in [6.45, 7) is 0. The highest BCUT2D eigenvalue weighted by molar-refractivity contribution is 7.10. The molecule has 0 saturated carbocycles. The summed E-state index contributed by atoms with van der Waals surface area (Å²) < 4.78 is 12.2. The third-order valence-electron chi connectivity index (χ3n) is 0.825. The van der Waals surface area contributed by atoms with Crippen LogP contribution in [-0.4, -0.2) is 11.3 Å². The molecule has 10 heavy (non-hydrogen) atoms. The highest BCUT2D eigenvalue weighted by atomic mass is 32.1. The van der Waals surface area contributed by atoms with E-state index in [9.17, 15) is 9.18 Å². The number of thiazole rings is 1. The van der Waals surface area contributed by atoms with Gasteiger partial charge in [0.05, 0.1) is 0 Å².